The molecule has 0 aliphatic carbocycles. The lowest BCUT2D eigenvalue weighted by atomic mass is 10.0. The molecule has 0 spiro atoms. The van der Waals surface area contributed by atoms with Crippen LogP contribution in [-0.2, 0) is 0 Å². The lowest BCUT2D eigenvalue weighted by Crippen LogP contribution is -2.07. The largest absolute Gasteiger partial charge is 0.508 e. The highest BCUT2D eigenvalue weighted by Gasteiger charge is 2.20. The minimum Gasteiger partial charge on any atom is -0.508 e. The fraction of sp³-hybridized carbons (Fsp3) is 0.118. The molecule has 0 atom stereocenters. The second-order valence-corrected chi connectivity index (χ2v) is 4.86. The van der Waals surface area contributed by atoms with Crippen LogP contribution in [0.4, 0.5) is 0 Å². The Labute approximate surface area is 131 Å². The van der Waals surface area contributed by atoms with Crippen LogP contribution in [0, 0.1) is 0 Å². The second-order valence-electron chi connectivity index (χ2n) is 4.86. The molecule has 0 saturated carbocycles. The molecule has 0 unspecified atom stereocenters. The van der Waals surface area contributed by atoms with Gasteiger partial charge in [-0.1, -0.05) is 0 Å². The second kappa shape index (κ2) is 5.57. The van der Waals surface area contributed by atoms with Crippen molar-refractivity contribution in [2.75, 3.05) is 14.2 Å². The molecule has 3 rings (SSSR count). The Morgan fingerprint density at radius 3 is 2.35 bits per heavy atom. The zero-order valence-electron chi connectivity index (χ0n) is 12.5. The third-order valence-electron chi connectivity index (χ3n) is 3.50. The molecule has 1 heterocycles. The molecule has 0 aliphatic rings. The SMILES string of the molecule is COc1cc(O)ccc1-c1c(OC)c2ccc(O)cc2oc1=O. The average molecular weight is 314 g/mol. The molecule has 1 aromatic heterocycles. The van der Waals surface area contributed by atoms with E-state index in [4.69, 9.17) is 13.9 Å². The van der Waals surface area contributed by atoms with Gasteiger partial charge in [-0.15, -0.1) is 0 Å². The predicted octanol–water partition coefficient (Wildman–Crippen LogP) is 2.89. The molecule has 0 aliphatic heterocycles. The first-order valence-corrected chi connectivity index (χ1v) is 6.76. The zero-order valence-corrected chi connectivity index (χ0v) is 12.5. The lowest BCUT2D eigenvalue weighted by molar-refractivity contribution is 0.404. The fourth-order valence-corrected chi connectivity index (χ4v) is 2.49. The van der Waals surface area contributed by atoms with Crippen LogP contribution in [0.5, 0.6) is 23.0 Å². The molecular weight excluding hydrogens is 300 g/mol. The van der Waals surface area contributed by atoms with Gasteiger partial charge < -0.3 is 24.1 Å². The zero-order chi connectivity index (χ0) is 16.6. The van der Waals surface area contributed by atoms with Crippen LogP contribution < -0.4 is 15.1 Å². The van der Waals surface area contributed by atoms with Gasteiger partial charge in [0.1, 0.15) is 34.1 Å². The molecule has 0 saturated heterocycles. The Kier molecular flexibility index (Phi) is 3.57. The fourth-order valence-electron chi connectivity index (χ4n) is 2.49. The number of hydrogen-bond acceptors (Lipinski definition) is 6. The van der Waals surface area contributed by atoms with Crippen molar-refractivity contribution in [2.24, 2.45) is 0 Å². The molecule has 23 heavy (non-hydrogen) atoms. The number of phenolic OH excluding ortho intramolecular Hbond substituents is 2. The summed E-state index contributed by atoms with van der Waals surface area (Å²) in [4.78, 5) is 12.4. The summed E-state index contributed by atoms with van der Waals surface area (Å²) < 4.78 is 15.9. The number of methoxy groups -OCH3 is 2. The van der Waals surface area contributed by atoms with E-state index in [-0.39, 0.29) is 22.6 Å². The summed E-state index contributed by atoms with van der Waals surface area (Å²) in [6.45, 7) is 0. The maximum atomic E-state index is 12.4. The van der Waals surface area contributed by atoms with E-state index in [2.05, 4.69) is 0 Å². The molecule has 6 nitrogen and oxygen atoms in total. The van der Waals surface area contributed by atoms with Crippen molar-refractivity contribution in [1.29, 1.82) is 0 Å². The number of benzene rings is 2. The van der Waals surface area contributed by atoms with Crippen molar-refractivity contribution >= 4 is 11.0 Å². The number of ether oxygens (including phenoxy) is 2. The van der Waals surface area contributed by atoms with E-state index in [1.807, 2.05) is 0 Å². The van der Waals surface area contributed by atoms with Gasteiger partial charge in [-0.05, 0) is 24.3 Å². The van der Waals surface area contributed by atoms with Crippen LogP contribution in [0.3, 0.4) is 0 Å². The molecule has 3 aromatic rings. The first kappa shape index (κ1) is 14.8. The normalized spacial score (nSPS) is 10.7. The van der Waals surface area contributed by atoms with Gasteiger partial charge in [0, 0.05) is 17.7 Å². The monoisotopic (exact) mass is 314 g/mol. The van der Waals surface area contributed by atoms with Gasteiger partial charge in [-0.2, -0.15) is 0 Å². The van der Waals surface area contributed by atoms with E-state index in [1.165, 1.54) is 38.5 Å². The topological polar surface area (TPSA) is 89.1 Å². The number of aromatic hydroxyl groups is 2. The standard InChI is InChI=1S/C17H14O6/c1-21-13-7-9(18)3-5-11(13)15-16(22-2)12-6-4-10(19)8-14(12)23-17(15)20/h3-8,18-19H,1-2H3. The Bertz CT molecular complexity index is 942. The summed E-state index contributed by atoms with van der Waals surface area (Å²) in [5.41, 5.74) is 0.200. The van der Waals surface area contributed by atoms with Crippen molar-refractivity contribution in [2.45, 2.75) is 0 Å². The van der Waals surface area contributed by atoms with Crippen LogP contribution >= 0.6 is 0 Å². The predicted molar refractivity (Wildman–Crippen MR) is 84.4 cm³/mol. The molecule has 2 aromatic carbocycles. The summed E-state index contributed by atoms with van der Waals surface area (Å²) in [6, 6.07) is 8.81. The van der Waals surface area contributed by atoms with Crippen molar-refractivity contribution in [3.8, 4) is 34.1 Å². The van der Waals surface area contributed by atoms with Gasteiger partial charge in [0.05, 0.1) is 19.6 Å². The molecule has 0 amide bonds. The first-order chi connectivity index (χ1) is 11.0. The lowest BCUT2D eigenvalue weighted by Gasteiger charge is -2.13. The van der Waals surface area contributed by atoms with Crippen molar-refractivity contribution < 1.29 is 24.1 Å². The van der Waals surface area contributed by atoms with Gasteiger partial charge in [0.2, 0.25) is 0 Å². The smallest absolute Gasteiger partial charge is 0.348 e. The molecule has 2 N–H and O–H groups in total. The summed E-state index contributed by atoms with van der Waals surface area (Å²) in [6.07, 6.45) is 0. The highest BCUT2D eigenvalue weighted by atomic mass is 16.5. The summed E-state index contributed by atoms with van der Waals surface area (Å²) >= 11 is 0. The molecule has 0 radical (unpaired) electrons. The highest BCUT2D eigenvalue weighted by Crippen LogP contribution is 2.40. The van der Waals surface area contributed by atoms with E-state index < -0.39 is 5.63 Å². The molecular formula is C17H14O6. The Hall–Kier alpha value is -3.15. The van der Waals surface area contributed by atoms with E-state index in [1.54, 1.807) is 12.1 Å². The van der Waals surface area contributed by atoms with Gasteiger partial charge in [-0.3, -0.25) is 0 Å². The Balaban J connectivity index is 2.40. The summed E-state index contributed by atoms with van der Waals surface area (Å²) in [5, 5.41) is 19.6. The van der Waals surface area contributed by atoms with Gasteiger partial charge >= 0.3 is 5.63 Å². The maximum Gasteiger partial charge on any atom is 0.348 e. The van der Waals surface area contributed by atoms with E-state index in [0.717, 1.165) is 0 Å². The third-order valence-corrected chi connectivity index (χ3v) is 3.50. The van der Waals surface area contributed by atoms with Crippen LogP contribution in [0.1, 0.15) is 0 Å². The van der Waals surface area contributed by atoms with Gasteiger partial charge in [0.25, 0.3) is 0 Å². The van der Waals surface area contributed by atoms with Crippen molar-refractivity contribution in [1.82, 2.24) is 0 Å². The average Bonchev–Trinajstić information content (AvgIpc) is 2.53. The van der Waals surface area contributed by atoms with Gasteiger partial charge in [0.15, 0.2) is 0 Å². The highest BCUT2D eigenvalue weighted by molar-refractivity contribution is 5.92. The van der Waals surface area contributed by atoms with E-state index in [0.29, 0.717) is 22.4 Å². The van der Waals surface area contributed by atoms with Crippen molar-refractivity contribution in [3.63, 3.8) is 0 Å². The molecule has 118 valence electrons. The van der Waals surface area contributed by atoms with Crippen LogP contribution in [-0.4, -0.2) is 24.4 Å². The van der Waals surface area contributed by atoms with Crippen molar-refractivity contribution in [3.05, 3.63) is 46.8 Å². The Morgan fingerprint density at radius 1 is 0.957 bits per heavy atom. The Morgan fingerprint density at radius 2 is 1.65 bits per heavy atom. The number of fused-ring (bicyclic) bond motifs is 1. The van der Waals surface area contributed by atoms with Crippen LogP contribution in [0.15, 0.2) is 45.6 Å². The van der Waals surface area contributed by atoms with Crippen LogP contribution in [0.2, 0.25) is 0 Å². The molecule has 0 fully saturated rings. The van der Waals surface area contributed by atoms with E-state index in [9.17, 15) is 15.0 Å². The first-order valence-electron chi connectivity index (χ1n) is 6.76. The molecule has 6 heteroatoms. The van der Waals surface area contributed by atoms with Gasteiger partial charge in [-0.25, -0.2) is 4.79 Å². The number of phenols is 2. The maximum absolute atomic E-state index is 12.4. The number of rotatable bonds is 3. The third kappa shape index (κ3) is 2.44. The quantitative estimate of drug-likeness (QED) is 0.723. The summed E-state index contributed by atoms with van der Waals surface area (Å²) in [7, 11) is 2.88. The minimum absolute atomic E-state index is 0.0136. The summed E-state index contributed by atoms with van der Waals surface area (Å²) in [5.74, 6) is 0.617. The van der Waals surface area contributed by atoms with Crippen LogP contribution in [0.25, 0.3) is 22.1 Å². The minimum atomic E-state index is -0.635. The molecule has 0 bridgehead atoms. The number of hydrogen-bond donors (Lipinski definition) is 2. The van der Waals surface area contributed by atoms with E-state index >= 15 is 0 Å².